The Morgan fingerprint density at radius 2 is 1.34 bits per heavy atom. The SMILES string of the molecule is CCc1ccc(C(=O)N2CCN(C(=O)c3cc(-c4ccc(F)cc4)n(-c4ccc(C)cc4)c3C)CC2)cc1. The smallest absolute Gasteiger partial charge is 0.255 e. The molecule has 3 aromatic carbocycles. The number of rotatable bonds is 5. The Kier molecular flexibility index (Phi) is 7.14. The van der Waals surface area contributed by atoms with Crippen LogP contribution in [0.25, 0.3) is 16.9 Å². The fourth-order valence-electron chi connectivity index (χ4n) is 5.03. The molecule has 0 N–H and O–H groups in total. The Balaban J connectivity index is 1.39. The molecular weight excluding hydrogens is 477 g/mol. The number of halogens is 1. The molecule has 1 saturated heterocycles. The molecule has 6 heteroatoms. The number of carbonyl (C=O) groups is 2. The number of carbonyl (C=O) groups excluding carboxylic acids is 2. The van der Waals surface area contributed by atoms with Crippen LogP contribution in [-0.2, 0) is 6.42 Å². The van der Waals surface area contributed by atoms with E-state index in [0.717, 1.165) is 34.6 Å². The average molecular weight is 510 g/mol. The standard InChI is InChI=1S/C32H32FN3O2/c1-4-24-7-9-26(10-8-24)31(37)34-17-19-35(20-18-34)32(38)29-21-30(25-11-13-27(33)14-12-25)36(23(29)3)28-15-5-22(2)6-16-28/h5-16,21H,4,17-20H2,1-3H3. The van der Waals surface area contributed by atoms with E-state index in [9.17, 15) is 14.0 Å². The molecule has 5 nitrogen and oxygen atoms in total. The maximum Gasteiger partial charge on any atom is 0.255 e. The largest absolute Gasteiger partial charge is 0.335 e. The van der Waals surface area contributed by atoms with Crippen molar-refractivity contribution in [1.29, 1.82) is 0 Å². The highest BCUT2D eigenvalue weighted by molar-refractivity contribution is 5.98. The van der Waals surface area contributed by atoms with E-state index in [2.05, 4.69) is 11.5 Å². The number of aromatic nitrogens is 1. The van der Waals surface area contributed by atoms with Crippen molar-refractivity contribution in [1.82, 2.24) is 14.4 Å². The van der Waals surface area contributed by atoms with Gasteiger partial charge < -0.3 is 14.4 Å². The lowest BCUT2D eigenvalue weighted by molar-refractivity contribution is 0.0535. The maximum absolute atomic E-state index is 13.7. The molecule has 2 heterocycles. The van der Waals surface area contributed by atoms with Crippen LogP contribution in [0.3, 0.4) is 0 Å². The fraction of sp³-hybridized carbons (Fsp3) is 0.250. The summed E-state index contributed by atoms with van der Waals surface area (Å²) in [4.78, 5) is 30.4. The van der Waals surface area contributed by atoms with Crippen molar-refractivity contribution in [3.05, 3.63) is 113 Å². The molecule has 0 atom stereocenters. The number of piperazine rings is 1. The summed E-state index contributed by atoms with van der Waals surface area (Å²) in [7, 11) is 0. The number of aryl methyl sites for hydroxylation is 2. The van der Waals surface area contributed by atoms with Gasteiger partial charge in [0.25, 0.3) is 11.8 Å². The minimum absolute atomic E-state index is 0.0000487. The molecular formula is C32H32FN3O2. The van der Waals surface area contributed by atoms with Gasteiger partial charge in [-0.2, -0.15) is 0 Å². The van der Waals surface area contributed by atoms with Gasteiger partial charge in [-0.3, -0.25) is 9.59 Å². The van der Waals surface area contributed by atoms with E-state index in [4.69, 9.17) is 0 Å². The topological polar surface area (TPSA) is 45.6 Å². The average Bonchev–Trinajstić information content (AvgIpc) is 3.30. The van der Waals surface area contributed by atoms with E-state index in [1.54, 1.807) is 12.1 Å². The van der Waals surface area contributed by atoms with Crippen LogP contribution >= 0.6 is 0 Å². The van der Waals surface area contributed by atoms with E-state index >= 15 is 0 Å². The normalized spacial score (nSPS) is 13.6. The zero-order valence-corrected chi connectivity index (χ0v) is 22.1. The first-order chi connectivity index (χ1) is 18.4. The van der Waals surface area contributed by atoms with Crippen molar-refractivity contribution < 1.29 is 14.0 Å². The van der Waals surface area contributed by atoms with E-state index in [0.29, 0.717) is 37.3 Å². The summed E-state index contributed by atoms with van der Waals surface area (Å²) in [5.74, 6) is -0.361. The third-order valence-electron chi connectivity index (χ3n) is 7.37. The predicted molar refractivity (Wildman–Crippen MR) is 148 cm³/mol. The summed E-state index contributed by atoms with van der Waals surface area (Å²) in [5, 5.41) is 0. The van der Waals surface area contributed by atoms with Crippen LogP contribution in [0.15, 0.2) is 78.9 Å². The zero-order chi connectivity index (χ0) is 26.8. The minimum Gasteiger partial charge on any atom is -0.335 e. The van der Waals surface area contributed by atoms with Crippen LogP contribution < -0.4 is 0 Å². The van der Waals surface area contributed by atoms with Crippen molar-refractivity contribution >= 4 is 11.8 Å². The fourth-order valence-corrected chi connectivity index (χ4v) is 5.03. The molecule has 0 saturated carbocycles. The molecule has 1 aromatic heterocycles. The number of hydrogen-bond acceptors (Lipinski definition) is 2. The summed E-state index contributed by atoms with van der Waals surface area (Å²) in [6.45, 7) is 7.99. The molecule has 0 radical (unpaired) electrons. The molecule has 1 aliphatic rings. The first-order valence-corrected chi connectivity index (χ1v) is 13.1. The van der Waals surface area contributed by atoms with E-state index < -0.39 is 0 Å². The molecule has 5 rings (SSSR count). The van der Waals surface area contributed by atoms with E-state index in [1.807, 2.05) is 78.2 Å². The molecule has 4 aromatic rings. The van der Waals surface area contributed by atoms with Gasteiger partial charge in [0.1, 0.15) is 5.82 Å². The molecule has 0 bridgehead atoms. The van der Waals surface area contributed by atoms with Crippen molar-refractivity contribution in [2.45, 2.75) is 27.2 Å². The van der Waals surface area contributed by atoms with Crippen LogP contribution in [0, 0.1) is 19.7 Å². The van der Waals surface area contributed by atoms with Crippen LogP contribution in [0.2, 0.25) is 0 Å². The van der Waals surface area contributed by atoms with Gasteiger partial charge in [-0.15, -0.1) is 0 Å². The zero-order valence-electron chi connectivity index (χ0n) is 22.1. The second-order valence-corrected chi connectivity index (χ2v) is 9.84. The maximum atomic E-state index is 13.7. The van der Waals surface area contributed by atoms with Gasteiger partial charge in [-0.25, -0.2) is 4.39 Å². The molecule has 0 spiro atoms. The number of amides is 2. The third-order valence-corrected chi connectivity index (χ3v) is 7.37. The van der Waals surface area contributed by atoms with Crippen LogP contribution in [0.5, 0.6) is 0 Å². The Bertz CT molecular complexity index is 1450. The molecule has 1 fully saturated rings. The number of hydrogen-bond donors (Lipinski definition) is 0. The van der Waals surface area contributed by atoms with Crippen molar-refractivity contribution in [2.24, 2.45) is 0 Å². The van der Waals surface area contributed by atoms with E-state index in [-0.39, 0.29) is 17.6 Å². The second kappa shape index (κ2) is 10.7. The molecule has 194 valence electrons. The first kappa shape index (κ1) is 25.5. The Hall–Kier alpha value is -4.19. The van der Waals surface area contributed by atoms with E-state index in [1.165, 1.54) is 17.7 Å². The van der Waals surface area contributed by atoms with Crippen molar-refractivity contribution in [2.75, 3.05) is 26.2 Å². The van der Waals surface area contributed by atoms with Gasteiger partial charge >= 0.3 is 0 Å². The lowest BCUT2D eigenvalue weighted by Gasteiger charge is -2.35. The monoisotopic (exact) mass is 509 g/mol. The highest BCUT2D eigenvalue weighted by Crippen LogP contribution is 2.31. The van der Waals surface area contributed by atoms with Gasteiger partial charge in [0.05, 0.1) is 11.3 Å². The van der Waals surface area contributed by atoms with Gasteiger partial charge in [-0.1, -0.05) is 36.8 Å². The summed E-state index contributed by atoms with van der Waals surface area (Å²) in [6.07, 6.45) is 0.934. The number of benzene rings is 3. The van der Waals surface area contributed by atoms with Crippen LogP contribution in [0.4, 0.5) is 4.39 Å². The van der Waals surface area contributed by atoms with Crippen LogP contribution in [0.1, 0.15) is 44.5 Å². The summed E-state index contributed by atoms with van der Waals surface area (Å²) in [6, 6.07) is 24.1. The quantitative estimate of drug-likeness (QED) is 0.328. The van der Waals surface area contributed by atoms with Gasteiger partial charge in [-0.05, 0) is 86.0 Å². The predicted octanol–water partition coefficient (Wildman–Crippen LogP) is 6.06. The lowest BCUT2D eigenvalue weighted by Crippen LogP contribution is -2.50. The first-order valence-electron chi connectivity index (χ1n) is 13.1. The molecule has 1 aliphatic heterocycles. The summed E-state index contributed by atoms with van der Waals surface area (Å²) < 4.78 is 15.7. The molecule has 38 heavy (non-hydrogen) atoms. The van der Waals surface area contributed by atoms with Crippen molar-refractivity contribution in [3.63, 3.8) is 0 Å². The van der Waals surface area contributed by atoms with Crippen LogP contribution in [-0.4, -0.2) is 52.4 Å². The highest BCUT2D eigenvalue weighted by atomic mass is 19.1. The summed E-state index contributed by atoms with van der Waals surface area (Å²) in [5.41, 5.74) is 7.06. The Morgan fingerprint density at radius 1 is 0.763 bits per heavy atom. The lowest BCUT2D eigenvalue weighted by atomic mass is 10.1. The Labute approximate surface area is 223 Å². The third kappa shape index (κ3) is 4.99. The second-order valence-electron chi connectivity index (χ2n) is 9.84. The summed E-state index contributed by atoms with van der Waals surface area (Å²) >= 11 is 0. The number of nitrogens with zero attached hydrogens (tertiary/aromatic N) is 3. The molecule has 0 aliphatic carbocycles. The van der Waals surface area contributed by atoms with Crippen molar-refractivity contribution in [3.8, 4) is 16.9 Å². The Morgan fingerprint density at radius 3 is 1.92 bits per heavy atom. The minimum atomic E-state index is -0.302. The van der Waals surface area contributed by atoms with Gasteiger partial charge in [0.2, 0.25) is 0 Å². The van der Waals surface area contributed by atoms with Gasteiger partial charge in [0, 0.05) is 43.1 Å². The molecule has 0 unspecified atom stereocenters. The molecule has 2 amide bonds. The van der Waals surface area contributed by atoms with Gasteiger partial charge in [0.15, 0.2) is 0 Å². The highest BCUT2D eigenvalue weighted by Gasteiger charge is 2.28.